The quantitative estimate of drug-likeness (QED) is 0.782. The molecule has 0 bridgehead atoms. The Morgan fingerprint density at radius 3 is 2.68 bits per heavy atom. The fraction of sp³-hybridized carbons (Fsp3) is 0.579. The van der Waals surface area contributed by atoms with Gasteiger partial charge in [-0.2, -0.15) is 0 Å². The summed E-state index contributed by atoms with van der Waals surface area (Å²) in [5.74, 6) is -0.336. The molecule has 2 saturated heterocycles. The van der Waals surface area contributed by atoms with Crippen LogP contribution in [0.25, 0.3) is 0 Å². The van der Waals surface area contributed by atoms with Crippen LogP contribution < -0.4 is 0 Å². The Bertz CT molecular complexity index is 564. The second-order valence-corrected chi connectivity index (χ2v) is 7.25. The summed E-state index contributed by atoms with van der Waals surface area (Å²) < 4.78 is 11.9. The van der Waals surface area contributed by atoms with E-state index in [1.54, 1.807) is 0 Å². The van der Waals surface area contributed by atoms with Crippen molar-refractivity contribution in [2.24, 2.45) is 5.41 Å². The summed E-state index contributed by atoms with van der Waals surface area (Å²) in [4.78, 5) is 2.60. The van der Waals surface area contributed by atoms with Crippen molar-refractivity contribution < 1.29 is 9.47 Å². The standard InChI is InChI=1S/C19H25NO2/c1-15-12-20(13-16-6-4-3-5-7-16)17-8-9-19(14-18(15,17)2)21-10-11-22-19/h3-7,17H,1,8-14H2,2H3. The second-order valence-electron chi connectivity index (χ2n) is 7.25. The zero-order valence-corrected chi connectivity index (χ0v) is 13.4. The first-order valence-electron chi connectivity index (χ1n) is 8.36. The van der Waals surface area contributed by atoms with Crippen LogP contribution in [0.1, 0.15) is 31.7 Å². The molecule has 2 aliphatic heterocycles. The maximum atomic E-state index is 5.97. The van der Waals surface area contributed by atoms with Gasteiger partial charge in [0.2, 0.25) is 0 Å². The molecule has 0 N–H and O–H groups in total. The number of likely N-dealkylation sites (tertiary alicyclic amines) is 1. The highest BCUT2D eigenvalue weighted by Crippen LogP contribution is 2.54. The van der Waals surface area contributed by atoms with Gasteiger partial charge in [-0.1, -0.05) is 49.4 Å². The smallest absolute Gasteiger partial charge is 0.169 e. The average Bonchev–Trinajstić information content (AvgIpc) is 3.04. The lowest BCUT2D eigenvalue weighted by atomic mass is 9.67. The third kappa shape index (κ3) is 2.23. The number of ether oxygens (including phenoxy) is 2. The minimum absolute atomic E-state index is 0.109. The van der Waals surface area contributed by atoms with Gasteiger partial charge in [0.15, 0.2) is 5.79 Å². The molecular weight excluding hydrogens is 274 g/mol. The Balaban J connectivity index is 1.55. The Hall–Kier alpha value is -1.16. The molecule has 3 fully saturated rings. The zero-order valence-electron chi connectivity index (χ0n) is 13.4. The number of hydrogen-bond donors (Lipinski definition) is 0. The van der Waals surface area contributed by atoms with E-state index >= 15 is 0 Å². The molecule has 1 aliphatic carbocycles. The van der Waals surface area contributed by atoms with Gasteiger partial charge in [-0.25, -0.2) is 0 Å². The summed E-state index contributed by atoms with van der Waals surface area (Å²) >= 11 is 0. The number of nitrogens with zero attached hydrogens (tertiary/aromatic N) is 1. The third-order valence-electron chi connectivity index (χ3n) is 5.86. The largest absolute Gasteiger partial charge is 0.348 e. The summed E-state index contributed by atoms with van der Waals surface area (Å²) in [7, 11) is 0. The number of rotatable bonds is 2. The Morgan fingerprint density at radius 2 is 1.95 bits per heavy atom. The van der Waals surface area contributed by atoms with Crippen LogP contribution in [-0.4, -0.2) is 36.5 Å². The molecule has 2 heterocycles. The van der Waals surface area contributed by atoms with E-state index in [1.165, 1.54) is 11.1 Å². The van der Waals surface area contributed by atoms with Gasteiger partial charge < -0.3 is 9.47 Å². The first kappa shape index (κ1) is 14.4. The second kappa shape index (κ2) is 5.19. The van der Waals surface area contributed by atoms with Gasteiger partial charge in [-0.15, -0.1) is 0 Å². The van der Waals surface area contributed by atoms with Crippen LogP contribution in [0, 0.1) is 5.41 Å². The van der Waals surface area contributed by atoms with Gasteiger partial charge in [0.25, 0.3) is 0 Å². The summed E-state index contributed by atoms with van der Waals surface area (Å²) in [5, 5.41) is 0. The molecule has 1 saturated carbocycles. The molecule has 1 spiro atoms. The van der Waals surface area contributed by atoms with Crippen molar-refractivity contribution in [2.45, 2.75) is 44.6 Å². The van der Waals surface area contributed by atoms with Crippen molar-refractivity contribution in [1.82, 2.24) is 4.90 Å². The molecule has 4 rings (SSSR count). The molecule has 1 aromatic rings. The van der Waals surface area contributed by atoms with Gasteiger partial charge in [-0.05, 0) is 12.0 Å². The molecule has 0 amide bonds. The Kier molecular flexibility index (Phi) is 3.40. The molecule has 1 aromatic carbocycles. The van der Waals surface area contributed by atoms with E-state index < -0.39 is 0 Å². The fourth-order valence-corrected chi connectivity index (χ4v) is 4.65. The van der Waals surface area contributed by atoms with Crippen LogP contribution in [-0.2, 0) is 16.0 Å². The number of fused-ring (bicyclic) bond motifs is 1. The van der Waals surface area contributed by atoms with Crippen LogP contribution in [0.5, 0.6) is 0 Å². The highest BCUT2D eigenvalue weighted by molar-refractivity contribution is 5.26. The molecule has 22 heavy (non-hydrogen) atoms. The average molecular weight is 299 g/mol. The van der Waals surface area contributed by atoms with E-state index in [-0.39, 0.29) is 11.2 Å². The maximum Gasteiger partial charge on any atom is 0.169 e. The van der Waals surface area contributed by atoms with Gasteiger partial charge in [-0.3, -0.25) is 4.90 Å². The van der Waals surface area contributed by atoms with Gasteiger partial charge in [0, 0.05) is 37.4 Å². The SMILES string of the molecule is C=C1CN(Cc2ccccc2)C2CCC3(CC12C)OCCO3. The molecule has 2 atom stereocenters. The number of benzene rings is 1. The predicted octanol–water partition coefficient (Wildman–Crippen LogP) is 3.36. The first-order chi connectivity index (χ1) is 10.6. The molecule has 3 heteroatoms. The molecule has 2 unspecified atom stereocenters. The van der Waals surface area contributed by atoms with Gasteiger partial charge >= 0.3 is 0 Å². The first-order valence-corrected chi connectivity index (χ1v) is 8.36. The molecule has 3 aliphatic rings. The van der Waals surface area contributed by atoms with Gasteiger partial charge in [0.05, 0.1) is 13.2 Å². The zero-order chi connectivity index (χ0) is 15.2. The summed E-state index contributed by atoms with van der Waals surface area (Å²) in [6.45, 7) is 10.2. The minimum atomic E-state index is -0.336. The Morgan fingerprint density at radius 1 is 1.23 bits per heavy atom. The van der Waals surface area contributed by atoms with Crippen molar-refractivity contribution in [3.63, 3.8) is 0 Å². The van der Waals surface area contributed by atoms with E-state index in [2.05, 4.69) is 48.7 Å². The fourth-order valence-electron chi connectivity index (χ4n) is 4.65. The topological polar surface area (TPSA) is 21.7 Å². The van der Waals surface area contributed by atoms with E-state index in [9.17, 15) is 0 Å². The van der Waals surface area contributed by atoms with Gasteiger partial charge in [0.1, 0.15) is 0 Å². The molecule has 3 nitrogen and oxygen atoms in total. The van der Waals surface area contributed by atoms with E-state index in [0.717, 1.165) is 45.6 Å². The van der Waals surface area contributed by atoms with Crippen molar-refractivity contribution in [1.29, 1.82) is 0 Å². The van der Waals surface area contributed by atoms with Crippen LogP contribution >= 0.6 is 0 Å². The summed E-state index contributed by atoms with van der Waals surface area (Å²) in [5.41, 5.74) is 2.83. The maximum absolute atomic E-state index is 5.97. The summed E-state index contributed by atoms with van der Waals surface area (Å²) in [6, 6.07) is 11.3. The molecule has 0 aromatic heterocycles. The van der Waals surface area contributed by atoms with Crippen LogP contribution in [0.15, 0.2) is 42.5 Å². The monoisotopic (exact) mass is 299 g/mol. The van der Waals surface area contributed by atoms with Crippen molar-refractivity contribution >= 4 is 0 Å². The van der Waals surface area contributed by atoms with Crippen molar-refractivity contribution in [3.8, 4) is 0 Å². The summed E-state index contributed by atoms with van der Waals surface area (Å²) in [6.07, 6.45) is 3.09. The molecule has 0 radical (unpaired) electrons. The van der Waals surface area contributed by atoms with Crippen molar-refractivity contribution in [3.05, 3.63) is 48.0 Å². The lowest BCUT2D eigenvalue weighted by Crippen LogP contribution is -2.50. The highest BCUT2D eigenvalue weighted by atomic mass is 16.7. The van der Waals surface area contributed by atoms with Crippen LogP contribution in [0.4, 0.5) is 0 Å². The Labute approximate surface area is 132 Å². The lowest BCUT2D eigenvalue weighted by molar-refractivity contribution is -0.202. The molecular formula is C19H25NO2. The van der Waals surface area contributed by atoms with E-state index in [4.69, 9.17) is 9.47 Å². The lowest BCUT2D eigenvalue weighted by Gasteiger charge is -2.46. The minimum Gasteiger partial charge on any atom is -0.348 e. The molecule has 118 valence electrons. The van der Waals surface area contributed by atoms with Crippen LogP contribution in [0.3, 0.4) is 0 Å². The van der Waals surface area contributed by atoms with Crippen LogP contribution in [0.2, 0.25) is 0 Å². The normalized spacial score (nSPS) is 34.2. The number of hydrogen-bond acceptors (Lipinski definition) is 3. The van der Waals surface area contributed by atoms with E-state index in [0.29, 0.717) is 6.04 Å². The predicted molar refractivity (Wildman–Crippen MR) is 86.4 cm³/mol. The van der Waals surface area contributed by atoms with Crippen molar-refractivity contribution in [2.75, 3.05) is 19.8 Å². The third-order valence-corrected chi connectivity index (χ3v) is 5.86. The van der Waals surface area contributed by atoms with E-state index in [1.807, 2.05) is 0 Å². The highest BCUT2D eigenvalue weighted by Gasteiger charge is 2.56.